The summed E-state index contributed by atoms with van der Waals surface area (Å²) in [6, 6.07) is 0. The van der Waals surface area contributed by atoms with Crippen molar-refractivity contribution in [3.05, 3.63) is 0 Å². The molecule has 21 aliphatic rings. The van der Waals surface area contributed by atoms with Crippen molar-refractivity contribution in [1.82, 2.24) is 0 Å². The predicted molar refractivity (Wildman–Crippen MR) is 590 cm³/mol. The van der Waals surface area contributed by atoms with Crippen LogP contribution in [-0.4, -0.2) is 413 Å². The van der Waals surface area contributed by atoms with Crippen molar-refractivity contribution < 1.29 is 138 Å². The van der Waals surface area contributed by atoms with Crippen molar-refractivity contribution in [2.75, 3.05) is 126 Å². The number of thioether (sulfide) groups is 7. The van der Waals surface area contributed by atoms with Gasteiger partial charge in [-0.15, -0.1) is 0 Å². The van der Waals surface area contributed by atoms with Crippen LogP contribution in [0.3, 0.4) is 0 Å². The van der Waals surface area contributed by atoms with Gasteiger partial charge < -0.3 is 178 Å². The number of hydrogen-bond acceptors (Lipinski definition) is 42. The van der Waals surface area contributed by atoms with Gasteiger partial charge in [0.2, 0.25) is 0 Å². The molecule has 21 aliphatic heterocycles. The molecule has 21 fully saturated rings. The first-order chi connectivity index (χ1) is 71.7. The molecule has 0 saturated carbocycles. The summed E-state index contributed by atoms with van der Waals surface area (Å²) in [5.74, 6) is 5.32. The molecule has 35 nitrogen and oxygen atoms in total. The van der Waals surface area contributed by atoms with Crippen molar-refractivity contribution in [2.24, 2.45) is 40.1 Å². The van der Waals surface area contributed by atoms with Crippen LogP contribution < -0.4 is 40.1 Å². The molecule has 42 heteroatoms. The molecule has 0 aromatic rings. The maximum Gasteiger partial charge on any atom is 0.187 e. The van der Waals surface area contributed by atoms with Gasteiger partial charge in [-0.3, -0.25) is 0 Å². The number of aliphatic hydroxyl groups excluding tert-OH is 14. The molecule has 0 spiro atoms. The van der Waals surface area contributed by atoms with E-state index >= 15 is 0 Å². The first-order valence-corrected chi connectivity index (χ1v) is 65.4. The molecule has 147 heavy (non-hydrogen) atoms. The third kappa shape index (κ3) is 48.3. The molecule has 868 valence electrons. The van der Waals surface area contributed by atoms with E-state index in [0.29, 0.717) is 86.1 Å². The van der Waals surface area contributed by atoms with E-state index in [-0.39, 0.29) is 40.3 Å². The Morgan fingerprint density at radius 3 is 0.320 bits per heavy atom. The van der Waals surface area contributed by atoms with Crippen LogP contribution in [0.15, 0.2) is 0 Å². The molecule has 21 heterocycles. The largest absolute Gasteiger partial charge is 0.387 e. The Morgan fingerprint density at radius 2 is 0.218 bits per heavy atom. The highest BCUT2D eigenvalue weighted by atomic mass is 32.2. The van der Waals surface area contributed by atoms with Crippen molar-refractivity contribution in [1.29, 1.82) is 0 Å². The Morgan fingerprint density at radius 1 is 0.122 bits per heavy atom. The smallest absolute Gasteiger partial charge is 0.187 e. The van der Waals surface area contributed by atoms with Gasteiger partial charge in [-0.1, -0.05) is 225 Å². The normalized spacial score (nSPS) is 34.7. The minimum absolute atomic E-state index is 0.118. The van der Waals surface area contributed by atoms with Gasteiger partial charge in [-0.2, -0.15) is 82.3 Å². The van der Waals surface area contributed by atoms with E-state index in [1.54, 1.807) is 0 Å². The zero-order chi connectivity index (χ0) is 106. The lowest BCUT2D eigenvalue weighted by atomic mass is 9.95. The van der Waals surface area contributed by atoms with Crippen molar-refractivity contribution >= 4 is 82.3 Å². The predicted octanol–water partition coefficient (Wildman–Crippen LogP) is 8.78. The monoisotopic (exact) mass is 2230 g/mol. The summed E-state index contributed by atoms with van der Waals surface area (Å²) in [6.45, 7) is 4.49. The highest BCUT2D eigenvalue weighted by molar-refractivity contribution is 8.00. The minimum atomic E-state index is -1.97. The van der Waals surface area contributed by atoms with Gasteiger partial charge in [-0.25, -0.2) is 0 Å². The maximum absolute atomic E-state index is 12.9. The summed E-state index contributed by atoms with van der Waals surface area (Å²) >= 11 is 10.5. The van der Waals surface area contributed by atoms with Crippen LogP contribution in [0.25, 0.3) is 0 Å². The first-order valence-electron chi connectivity index (χ1n) is 57.3. The maximum atomic E-state index is 12.9. The van der Waals surface area contributed by atoms with Crippen molar-refractivity contribution in [3.8, 4) is 0 Å². The summed E-state index contributed by atoms with van der Waals surface area (Å²) in [5, 5.41) is 179. The standard InChI is InChI=1S/C105H203N7O28S7/c106-50-36-22-8-1-15-29-43-57-141-64-71-92-78(113)85(120)99(127-71)135-93-72(65-142-58-44-30-16-2-9-23-37-51-107)129-101(87(122)80(93)115)137-95-74(67-144-60-46-32-18-4-11-25-39-53-109)131-103(89(124)82(95)117)139-97-76(69-146-62-48-34-20-6-13-27-41-55-111)133-105(91(126)84(97)119)140-98-77(70-147-63-49-35-21-7-14-28-42-56-112)132-104(90(125)83(98)118)138-96-75(68-145-61-47-33-19-5-12-26-40-54-110)130-102(88(123)81(96)116)136-94-73(128-100(134-92)86(121)79(94)114)66-143-59-45-31-17-3-10-24-38-52-108/h71-105,113-126H,1-70,106-112H2/t71-,72-,73-,74-,75-,76-,77-,78-,79-,80-,81-,82-,83-,84-,85-,86-,87-,88-,89-,90-,91-,92-,93-,94-,95-,96-,97-,98-,99-,100-,101-,102-,103-,104-,105-/m1/s1. The number of aliphatic hydroxyl groups is 14. The van der Waals surface area contributed by atoms with Gasteiger partial charge in [0, 0.05) is 40.3 Å². The quantitative estimate of drug-likeness (QED) is 0.0253. The molecule has 14 bridgehead atoms. The van der Waals surface area contributed by atoms with E-state index in [1.165, 1.54) is 82.3 Å². The van der Waals surface area contributed by atoms with E-state index < -0.39 is 215 Å². The number of rotatable bonds is 77. The highest BCUT2D eigenvalue weighted by Crippen LogP contribution is 2.43. The van der Waals surface area contributed by atoms with Crippen LogP contribution in [0, 0.1) is 0 Å². The molecule has 0 unspecified atom stereocenters. The van der Waals surface area contributed by atoms with Gasteiger partial charge >= 0.3 is 0 Å². The minimum Gasteiger partial charge on any atom is -0.387 e. The van der Waals surface area contributed by atoms with Gasteiger partial charge in [-0.05, 0) is 176 Å². The molecule has 21 saturated heterocycles. The molecular weight excluding hydrogens is 2030 g/mol. The number of ether oxygens (including phenoxy) is 14. The van der Waals surface area contributed by atoms with Crippen LogP contribution in [0.2, 0.25) is 0 Å². The topological polar surface area (TPSA) is 595 Å². The summed E-state index contributed by atoms with van der Waals surface area (Å²) in [5.41, 5.74) is 40.7. The van der Waals surface area contributed by atoms with E-state index in [2.05, 4.69) is 0 Å². The number of nitrogens with two attached hydrogens (primary N) is 7. The Balaban J connectivity index is 1.21. The summed E-state index contributed by atoms with van der Waals surface area (Å²) < 4.78 is 95.4. The average Bonchev–Trinajstić information content (AvgIpc) is 0.936. The van der Waals surface area contributed by atoms with E-state index in [9.17, 15) is 71.5 Å². The van der Waals surface area contributed by atoms with Crippen LogP contribution in [0.5, 0.6) is 0 Å². The van der Waals surface area contributed by atoms with Crippen molar-refractivity contribution in [3.63, 3.8) is 0 Å². The van der Waals surface area contributed by atoms with E-state index in [4.69, 9.17) is 106 Å². The molecule has 0 aliphatic carbocycles. The summed E-state index contributed by atoms with van der Waals surface area (Å²) in [6.07, 6.45) is -9.99. The Labute approximate surface area is 910 Å². The molecule has 28 N–H and O–H groups in total. The average molecular weight is 2240 g/mol. The van der Waals surface area contributed by atoms with Crippen LogP contribution >= 0.6 is 82.3 Å². The third-order valence-electron chi connectivity index (χ3n) is 29.4. The number of hydrogen-bond donors (Lipinski definition) is 21. The molecule has 0 aromatic carbocycles. The number of unbranched alkanes of at least 4 members (excludes halogenated alkanes) is 42. The zero-order valence-electron chi connectivity index (χ0n) is 88.6. The molecule has 0 aromatic heterocycles. The van der Waals surface area contributed by atoms with Gasteiger partial charge in [0.05, 0.1) is 42.7 Å². The molecule has 0 amide bonds. The zero-order valence-corrected chi connectivity index (χ0v) is 94.3. The second-order valence-corrected chi connectivity index (χ2v) is 49.8. The summed E-state index contributed by atoms with van der Waals surface area (Å²) in [4.78, 5) is 0. The fourth-order valence-electron chi connectivity index (χ4n) is 20.3. The van der Waals surface area contributed by atoms with Crippen LogP contribution in [-0.2, 0) is 66.3 Å². The fraction of sp³-hybridized carbons (Fsp3) is 1.00. The molecular formula is C105H203N7O28S7. The fourth-order valence-corrected chi connectivity index (χ4v) is 27.9. The molecule has 0 radical (unpaired) electrons. The Hall–Kier alpha value is 1.05. The van der Waals surface area contributed by atoms with Gasteiger partial charge in [0.25, 0.3) is 0 Å². The molecule has 21 rings (SSSR count). The Bertz CT molecular complexity index is 2610. The highest BCUT2D eigenvalue weighted by Gasteiger charge is 2.60. The van der Waals surface area contributed by atoms with Gasteiger partial charge in [0.15, 0.2) is 44.0 Å². The van der Waals surface area contributed by atoms with Crippen LogP contribution in [0.4, 0.5) is 0 Å². The van der Waals surface area contributed by atoms with Crippen molar-refractivity contribution in [2.45, 2.75) is 530 Å². The SMILES string of the molecule is NCCCCCCCCCSC[C@H]1O[C@@H]2O[C@H]3[C@H](O)[C@@H](O)[C@@H](O[C@H]4[C@H](O)[C@@H](O)[C@@H](O[C@H]5[C@H](O)[C@@H](O)[C@@H](O[C@H]6[C@H](O)[C@@H](O)[C@@H](O[C@H]7[C@H](O)[C@@H](O)[C@@H](O[C@H]8[C@H](O)[C@@H](O)[C@@H](O[C@H]1[C@H](O)[C@H]2O)O[C@@H]8CSCCCCCCCCCN)O[C@@H]7CSCCCCCCCCCN)O[C@@H]6CSCCCCCCCCCN)O[C@@H]5CSCCCCCCCCCN)O[C@@H]4CSCCCCCCCCCN)O[C@@H]3CSCCCCCCCCCN. The van der Waals surface area contributed by atoms with E-state index in [1.807, 2.05) is 0 Å². The van der Waals surface area contributed by atoms with E-state index in [0.717, 1.165) is 315 Å². The lowest BCUT2D eigenvalue weighted by Gasteiger charge is -2.50. The molecule has 35 atom stereocenters. The summed E-state index contributed by atoms with van der Waals surface area (Å²) in [7, 11) is 0. The van der Waals surface area contributed by atoms with Crippen LogP contribution in [0.1, 0.15) is 315 Å². The second kappa shape index (κ2) is 80.8. The Kier molecular flexibility index (Phi) is 73.2. The first kappa shape index (κ1) is 133. The van der Waals surface area contributed by atoms with Gasteiger partial charge in [0.1, 0.15) is 128 Å². The second-order valence-electron chi connectivity index (χ2n) is 41.7. The lowest BCUT2D eigenvalue weighted by Crippen LogP contribution is -2.68. The third-order valence-corrected chi connectivity index (χ3v) is 37.4. The lowest BCUT2D eigenvalue weighted by molar-refractivity contribution is -0.389.